The second-order valence-corrected chi connectivity index (χ2v) is 4.50. The number of hydrogen-bond acceptors (Lipinski definition) is 3. The SMILES string of the molecule is CC[C@H](CN)Oc1cc2cccc(F)c2cc1C(=O)O. The second kappa shape index (κ2) is 5.88. The van der Waals surface area contributed by atoms with Crippen molar-refractivity contribution in [3.05, 3.63) is 41.7 Å². The lowest BCUT2D eigenvalue weighted by Gasteiger charge is -2.17. The molecule has 0 spiro atoms. The summed E-state index contributed by atoms with van der Waals surface area (Å²) in [5, 5.41) is 10.1. The highest BCUT2D eigenvalue weighted by atomic mass is 19.1. The van der Waals surface area contributed by atoms with E-state index in [-0.39, 0.29) is 29.3 Å². The molecule has 0 bridgehead atoms. The monoisotopic (exact) mass is 277 g/mol. The molecule has 1 atom stereocenters. The molecule has 2 aromatic rings. The first-order valence-corrected chi connectivity index (χ1v) is 6.39. The molecule has 0 heterocycles. The summed E-state index contributed by atoms with van der Waals surface area (Å²) in [7, 11) is 0. The number of fused-ring (bicyclic) bond motifs is 1. The number of ether oxygens (including phenoxy) is 1. The van der Waals surface area contributed by atoms with Crippen LogP contribution in [-0.4, -0.2) is 23.7 Å². The summed E-state index contributed by atoms with van der Waals surface area (Å²) in [5.74, 6) is -1.40. The average molecular weight is 277 g/mol. The van der Waals surface area contributed by atoms with Crippen LogP contribution in [0.15, 0.2) is 30.3 Å². The van der Waals surface area contributed by atoms with Gasteiger partial charge in [0, 0.05) is 11.9 Å². The van der Waals surface area contributed by atoms with Gasteiger partial charge in [-0.25, -0.2) is 9.18 Å². The molecule has 0 aliphatic rings. The van der Waals surface area contributed by atoms with E-state index in [0.717, 1.165) is 0 Å². The Morgan fingerprint density at radius 2 is 2.20 bits per heavy atom. The first-order chi connectivity index (χ1) is 9.56. The van der Waals surface area contributed by atoms with Gasteiger partial charge < -0.3 is 15.6 Å². The summed E-state index contributed by atoms with van der Waals surface area (Å²) in [6.45, 7) is 2.19. The minimum atomic E-state index is -1.16. The van der Waals surface area contributed by atoms with Gasteiger partial charge in [-0.05, 0) is 30.0 Å². The topological polar surface area (TPSA) is 72.5 Å². The van der Waals surface area contributed by atoms with Gasteiger partial charge in [-0.3, -0.25) is 0 Å². The molecule has 0 unspecified atom stereocenters. The third kappa shape index (κ3) is 2.72. The van der Waals surface area contributed by atoms with Crippen molar-refractivity contribution < 1.29 is 19.0 Å². The van der Waals surface area contributed by atoms with E-state index in [1.807, 2.05) is 6.92 Å². The van der Waals surface area contributed by atoms with Gasteiger partial charge in [0.2, 0.25) is 0 Å². The molecule has 4 nitrogen and oxygen atoms in total. The fourth-order valence-corrected chi connectivity index (χ4v) is 2.01. The van der Waals surface area contributed by atoms with E-state index < -0.39 is 11.8 Å². The molecule has 3 N–H and O–H groups in total. The number of nitrogens with two attached hydrogens (primary N) is 1. The third-order valence-corrected chi connectivity index (χ3v) is 3.17. The molecule has 2 aromatic carbocycles. The van der Waals surface area contributed by atoms with Gasteiger partial charge in [0.25, 0.3) is 0 Å². The molecule has 0 aromatic heterocycles. The molecular formula is C15H16FNO3. The second-order valence-electron chi connectivity index (χ2n) is 4.50. The maximum absolute atomic E-state index is 13.7. The minimum absolute atomic E-state index is 0.0606. The number of carboxylic acid groups (broad SMARTS) is 1. The Morgan fingerprint density at radius 1 is 1.45 bits per heavy atom. The van der Waals surface area contributed by atoms with Crippen molar-refractivity contribution in [2.45, 2.75) is 19.4 Å². The van der Waals surface area contributed by atoms with Crippen LogP contribution in [0.4, 0.5) is 4.39 Å². The van der Waals surface area contributed by atoms with Crippen molar-refractivity contribution in [2.24, 2.45) is 5.73 Å². The largest absolute Gasteiger partial charge is 0.488 e. The summed E-state index contributed by atoms with van der Waals surface area (Å²) in [4.78, 5) is 11.3. The maximum Gasteiger partial charge on any atom is 0.339 e. The number of carboxylic acids is 1. The molecule has 0 fully saturated rings. The molecule has 0 aliphatic heterocycles. The van der Waals surface area contributed by atoms with Gasteiger partial charge in [0.1, 0.15) is 23.2 Å². The average Bonchev–Trinajstić information content (AvgIpc) is 2.44. The van der Waals surface area contributed by atoms with Crippen LogP contribution >= 0.6 is 0 Å². The van der Waals surface area contributed by atoms with E-state index in [0.29, 0.717) is 11.8 Å². The van der Waals surface area contributed by atoms with Crippen molar-refractivity contribution in [3.8, 4) is 5.75 Å². The van der Waals surface area contributed by atoms with Crippen molar-refractivity contribution in [1.82, 2.24) is 0 Å². The van der Waals surface area contributed by atoms with E-state index in [1.165, 1.54) is 12.1 Å². The maximum atomic E-state index is 13.7. The molecule has 0 amide bonds. The normalized spacial score (nSPS) is 12.3. The summed E-state index contributed by atoms with van der Waals surface area (Å²) in [6, 6.07) is 7.41. The Kier molecular flexibility index (Phi) is 4.20. The summed E-state index contributed by atoms with van der Waals surface area (Å²) in [6.07, 6.45) is 0.399. The van der Waals surface area contributed by atoms with Crippen LogP contribution < -0.4 is 10.5 Å². The van der Waals surface area contributed by atoms with Gasteiger partial charge in [-0.2, -0.15) is 0 Å². The van der Waals surface area contributed by atoms with Crippen LogP contribution in [-0.2, 0) is 0 Å². The highest BCUT2D eigenvalue weighted by Gasteiger charge is 2.17. The first-order valence-electron chi connectivity index (χ1n) is 6.39. The molecule has 2 rings (SSSR count). The molecule has 106 valence electrons. The molecule has 20 heavy (non-hydrogen) atoms. The minimum Gasteiger partial charge on any atom is -0.488 e. The van der Waals surface area contributed by atoms with Crippen LogP contribution in [0.5, 0.6) is 5.75 Å². The highest BCUT2D eigenvalue weighted by Crippen LogP contribution is 2.28. The van der Waals surface area contributed by atoms with Gasteiger partial charge in [-0.15, -0.1) is 0 Å². The fourth-order valence-electron chi connectivity index (χ4n) is 2.01. The molecular weight excluding hydrogens is 261 g/mol. The lowest BCUT2D eigenvalue weighted by atomic mass is 10.1. The Labute approximate surface area is 116 Å². The Morgan fingerprint density at radius 3 is 2.80 bits per heavy atom. The number of carbonyl (C=O) groups is 1. The molecule has 0 aliphatic carbocycles. The number of hydrogen-bond donors (Lipinski definition) is 2. The summed E-state index contributed by atoms with van der Waals surface area (Å²) in [5.41, 5.74) is 5.50. The van der Waals surface area contributed by atoms with E-state index in [2.05, 4.69) is 0 Å². The standard InChI is InChI=1S/C15H16FNO3/c1-2-10(8-17)20-14-6-9-4-3-5-13(16)11(9)7-12(14)15(18)19/h3-7,10H,2,8,17H2,1H3,(H,18,19)/t10-/m1/s1. The van der Waals surface area contributed by atoms with E-state index >= 15 is 0 Å². The molecule has 5 heteroatoms. The zero-order valence-electron chi connectivity index (χ0n) is 11.1. The highest BCUT2D eigenvalue weighted by molar-refractivity contribution is 5.97. The Hall–Kier alpha value is -2.14. The fraction of sp³-hybridized carbons (Fsp3) is 0.267. The third-order valence-electron chi connectivity index (χ3n) is 3.17. The number of aromatic carboxylic acids is 1. The lowest BCUT2D eigenvalue weighted by Crippen LogP contribution is -2.26. The smallest absolute Gasteiger partial charge is 0.339 e. The zero-order chi connectivity index (χ0) is 14.7. The number of halogens is 1. The van der Waals surface area contributed by atoms with Crippen molar-refractivity contribution >= 4 is 16.7 Å². The van der Waals surface area contributed by atoms with Crippen molar-refractivity contribution in [2.75, 3.05) is 6.54 Å². The van der Waals surface area contributed by atoms with Crippen LogP contribution in [0.3, 0.4) is 0 Å². The predicted octanol–water partition coefficient (Wildman–Crippen LogP) is 2.79. The van der Waals surface area contributed by atoms with Crippen LogP contribution in [0.2, 0.25) is 0 Å². The van der Waals surface area contributed by atoms with Crippen LogP contribution in [0.25, 0.3) is 10.8 Å². The molecule has 0 saturated heterocycles. The molecule has 0 saturated carbocycles. The van der Waals surface area contributed by atoms with Gasteiger partial charge in [0.05, 0.1) is 0 Å². The number of benzene rings is 2. The lowest BCUT2D eigenvalue weighted by molar-refractivity contribution is 0.0689. The zero-order valence-corrected chi connectivity index (χ0v) is 11.1. The van der Waals surface area contributed by atoms with E-state index in [1.54, 1.807) is 18.2 Å². The van der Waals surface area contributed by atoms with Crippen molar-refractivity contribution in [3.63, 3.8) is 0 Å². The Balaban J connectivity index is 2.57. The quantitative estimate of drug-likeness (QED) is 0.881. The Bertz CT molecular complexity index is 638. The van der Waals surface area contributed by atoms with Crippen LogP contribution in [0.1, 0.15) is 23.7 Å². The summed E-state index contributed by atoms with van der Waals surface area (Å²) >= 11 is 0. The summed E-state index contributed by atoms with van der Waals surface area (Å²) < 4.78 is 19.3. The molecule has 0 radical (unpaired) electrons. The van der Waals surface area contributed by atoms with E-state index in [9.17, 15) is 14.3 Å². The first kappa shape index (κ1) is 14.3. The number of rotatable bonds is 5. The van der Waals surface area contributed by atoms with Gasteiger partial charge >= 0.3 is 5.97 Å². The van der Waals surface area contributed by atoms with Crippen LogP contribution in [0, 0.1) is 5.82 Å². The van der Waals surface area contributed by atoms with E-state index in [4.69, 9.17) is 10.5 Å². The van der Waals surface area contributed by atoms with Crippen molar-refractivity contribution in [1.29, 1.82) is 0 Å². The van der Waals surface area contributed by atoms with Gasteiger partial charge in [0.15, 0.2) is 0 Å². The van der Waals surface area contributed by atoms with Gasteiger partial charge in [-0.1, -0.05) is 19.1 Å². The predicted molar refractivity (Wildman–Crippen MR) is 74.6 cm³/mol.